The van der Waals surface area contributed by atoms with Gasteiger partial charge in [0.1, 0.15) is 0 Å². The molecular formula is C30H24. The van der Waals surface area contributed by atoms with E-state index in [1.165, 1.54) is 64.4 Å². The molecule has 0 nitrogen and oxygen atoms in total. The lowest BCUT2D eigenvalue weighted by Crippen LogP contribution is -2.54. The van der Waals surface area contributed by atoms with Gasteiger partial charge in [0.05, 0.1) is 0 Å². The van der Waals surface area contributed by atoms with Gasteiger partial charge >= 0.3 is 0 Å². The molecule has 0 aliphatic heterocycles. The van der Waals surface area contributed by atoms with Crippen molar-refractivity contribution in [3.63, 3.8) is 0 Å². The minimum atomic E-state index is 0.401. The zero-order chi connectivity index (χ0) is 19.2. The smallest absolute Gasteiger partial charge is 0.00361 e. The van der Waals surface area contributed by atoms with E-state index in [4.69, 9.17) is 0 Å². The van der Waals surface area contributed by atoms with Gasteiger partial charge in [-0.05, 0) is 110 Å². The molecule has 5 aliphatic carbocycles. The van der Waals surface area contributed by atoms with Crippen LogP contribution in [0.4, 0.5) is 0 Å². The van der Waals surface area contributed by atoms with Crippen LogP contribution < -0.4 is 0 Å². The van der Waals surface area contributed by atoms with Crippen LogP contribution in [0.1, 0.15) is 49.1 Å². The molecule has 4 fully saturated rings. The lowest BCUT2D eigenvalue weighted by molar-refractivity contribution is -0.0276. The Balaban J connectivity index is 1.61. The van der Waals surface area contributed by atoms with Gasteiger partial charge in [0.2, 0.25) is 0 Å². The van der Waals surface area contributed by atoms with E-state index < -0.39 is 0 Å². The zero-order valence-corrected chi connectivity index (χ0v) is 17.1. The minimum Gasteiger partial charge on any atom is -0.0610 e. The fourth-order valence-electron chi connectivity index (χ4n) is 9.41. The summed E-state index contributed by atoms with van der Waals surface area (Å²) in [5.41, 5.74) is 3.83. The van der Waals surface area contributed by atoms with Crippen molar-refractivity contribution in [2.45, 2.75) is 43.4 Å². The van der Waals surface area contributed by atoms with E-state index in [1.807, 2.05) is 0 Å². The topological polar surface area (TPSA) is 0 Å². The van der Waals surface area contributed by atoms with E-state index in [0.717, 1.165) is 23.7 Å². The van der Waals surface area contributed by atoms with Crippen LogP contribution in [-0.4, -0.2) is 0 Å². The van der Waals surface area contributed by atoms with Crippen LogP contribution in [0.2, 0.25) is 0 Å². The van der Waals surface area contributed by atoms with Crippen LogP contribution in [0.15, 0.2) is 60.7 Å². The SMILES string of the molecule is c1cc2ccc3c4c5c(ccc6cccc(c(c1)c24)c65)C12CC4CC(CC(C4)C31)C2. The van der Waals surface area contributed by atoms with Crippen molar-refractivity contribution in [1.82, 2.24) is 0 Å². The maximum atomic E-state index is 2.57. The van der Waals surface area contributed by atoms with Crippen LogP contribution >= 0.6 is 0 Å². The summed E-state index contributed by atoms with van der Waals surface area (Å²) >= 11 is 0. The van der Waals surface area contributed by atoms with Gasteiger partial charge in [0.15, 0.2) is 0 Å². The summed E-state index contributed by atoms with van der Waals surface area (Å²) in [5.74, 6) is 3.59. The first-order valence-electron chi connectivity index (χ1n) is 11.9. The third-order valence-corrected chi connectivity index (χ3v) is 9.85. The maximum absolute atomic E-state index is 2.57. The summed E-state index contributed by atoms with van der Waals surface area (Å²) in [6.07, 6.45) is 7.34. The number of rotatable bonds is 0. The third-order valence-electron chi connectivity index (χ3n) is 9.85. The summed E-state index contributed by atoms with van der Waals surface area (Å²) in [7, 11) is 0. The Labute approximate surface area is 176 Å². The molecule has 0 heterocycles. The van der Waals surface area contributed by atoms with Gasteiger partial charge in [-0.15, -0.1) is 0 Å². The summed E-state index contributed by atoms with van der Waals surface area (Å²) in [5, 5.41) is 12.1. The molecule has 5 aromatic rings. The Bertz CT molecular complexity index is 1540. The summed E-state index contributed by atoms with van der Waals surface area (Å²) in [6, 6.07) is 23.9. The quantitative estimate of drug-likeness (QED) is 0.188. The second-order valence-electron chi connectivity index (χ2n) is 11.1. The molecular weight excluding hydrogens is 360 g/mol. The van der Waals surface area contributed by atoms with Gasteiger partial charge in [-0.25, -0.2) is 0 Å². The molecule has 144 valence electrons. The summed E-state index contributed by atoms with van der Waals surface area (Å²) < 4.78 is 0. The monoisotopic (exact) mass is 384 g/mol. The molecule has 0 saturated heterocycles. The summed E-state index contributed by atoms with van der Waals surface area (Å²) in [6.45, 7) is 0. The molecule has 5 aromatic carbocycles. The predicted molar refractivity (Wildman–Crippen MR) is 126 cm³/mol. The van der Waals surface area contributed by atoms with Crippen LogP contribution in [0.5, 0.6) is 0 Å². The van der Waals surface area contributed by atoms with Gasteiger partial charge < -0.3 is 0 Å². The molecule has 0 amide bonds. The Morgan fingerprint density at radius 2 is 1.27 bits per heavy atom. The highest BCUT2D eigenvalue weighted by Gasteiger charge is 2.60. The number of benzene rings is 5. The number of hydrogen-bond acceptors (Lipinski definition) is 0. The lowest BCUT2D eigenvalue weighted by atomic mass is 9.41. The highest BCUT2D eigenvalue weighted by Crippen LogP contribution is 2.70. The molecule has 3 unspecified atom stereocenters. The van der Waals surface area contributed by atoms with Crippen molar-refractivity contribution in [2.24, 2.45) is 17.8 Å². The Kier molecular flexibility index (Phi) is 2.37. The average Bonchev–Trinajstić information content (AvgIpc) is 2.76. The number of fused-ring (bicyclic) bond motifs is 1. The Morgan fingerprint density at radius 3 is 2.00 bits per heavy atom. The second-order valence-corrected chi connectivity index (χ2v) is 11.1. The molecule has 10 rings (SSSR count). The lowest BCUT2D eigenvalue weighted by Gasteiger charge is -2.63. The van der Waals surface area contributed by atoms with Gasteiger partial charge in [0.25, 0.3) is 0 Å². The molecule has 0 radical (unpaired) electrons. The Morgan fingerprint density at radius 1 is 0.600 bits per heavy atom. The van der Waals surface area contributed by atoms with E-state index in [2.05, 4.69) is 60.7 Å². The van der Waals surface area contributed by atoms with E-state index >= 15 is 0 Å². The number of hydrogen-bond donors (Lipinski definition) is 0. The van der Waals surface area contributed by atoms with E-state index in [1.54, 1.807) is 21.9 Å². The molecule has 0 N–H and O–H groups in total. The first-order chi connectivity index (χ1) is 14.8. The fourth-order valence-corrected chi connectivity index (χ4v) is 9.41. The van der Waals surface area contributed by atoms with Crippen molar-refractivity contribution in [3.8, 4) is 0 Å². The Hall–Kier alpha value is -2.60. The first kappa shape index (κ1) is 15.2. The van der Waals surface area contributed by atoms with Crippen LogP contribution in [0, 0.1) is 17.8 Å². The molecule has 30 heavy (non-hydrogen) atoms. The summed E-state index contributed by atoms with van der Waals surface area (Å²) in [4.78, 5) is 0. The average molecular weight is 385 g/mol. The fraction of sp³-hybridized carbons (Fsp3) is 0.333. The molecule has 0 heteroatoms. The molecule has 5 aliphatic rings. The largest absolute Gasteiger partial charge is 0.0610 e. The van der Waals surface area contributed by atoms with Crippen molar-refractivity contribution in [2.75, 3.05) is 0 Å². The maximum Gasteiger partial charge on any atom is 0.00361 e. The highest BCUT2D eigenvalue weighted by molar-refractivity contribution is 6.34. The van der Waals surface area contributed by atoms with Gasteiger partial charge in [-0.1, -0.05) is 60.7 Å². The van der Waals surface area contributed by atoms with E-state index in [-0.39, 0.29) is 0 Å². The normalized spacial score (nSPS) is 33.5. The van der Waals surface area contributed by atoms with Crippen molar-refractivity contribution < 1.29 is 0 Å². The minimum absolute atomic E-state index is 0.401. The van der Waals surface area contributed by atoms with Gasteiger partial charge in [-0.2, -0.15) is 0 Å². The molecule has 3 atom stereocenters. The van der Waals surface area contributed by atoms with Crippen LogP contribution in [0.25, 0.3) is 43.1 Å². The molecule has 4 saturated carbocycles. The van der Waals surface area contributed by atoms with Gasteiger partial charge in [-0.3, -0.25) is 0 Å². The molecule has 4 bridgehead atoms. The highest BCUT2D eigenvalue weighted by atomic mass is 14.6. The second kappa shape index (κ2) is 4.67. The van der Waals surface area contributed by atoms with Crippen molar-refractivity contribution in [3.05, 3.63) is 71.8 Å². The first-order valence-corrected chi connectivity index (χ1v) is 11.9. The molecule has 0 aromatic heterocycles. The zero-order valence-electron chi connectivity index (χ0n) is 17.1. The van der Waals surface area contributed by atoms with Crippen LogP contribution in [-0.2, 0) is 5.41 Å². The van der Waals surface area contributed by atoms with Gasteiger partial charge in [0, 0.05) is 5.41 Å². The predicted octanol–water partition coefficient (Wildman–Crippen LogP) is 7.91. The van der Waals surface area contributed by atoms with Crippen molar-refractivity contribution in [1.29, 1.82) is 0 Å². The standard InChI is InChI=1S/C30H24/c1-3-18-7-9-23-27-25(18)21(5-1)22-6-2-4-19-8-10-24(28(27)26(19)22)30-14-16-11-17(15-30)13-20(12-16)29(23)30/h1-10,16-17,20,29H,11-15H2. The van der Waals surface area contributed by atoms with E-state index in [9.17, 15) is 0 Å². The third kappa shape index (κ3) is 1.47. The van der Waals surface area contributed by atoms with Crippen LogP contribution in [0.3, 0.4) is 0 Å². The van der Waals surface area contributed by atoms with Crippen molar-refractivity contribution >= 4 is 43.1 Å². The molecule has 1 spiro atoms. The van der Waals surface area contributed by atoms with E-state index in [0.29, 0.717) is 5.41 Å².